The van der Waals surface area contributed by atoms with Gasteiger partial charge >= 0.3 is 5.97 Å². The second-order valence-electron chi connectivity index (χ2n) is 5.56. The zero-order chi connectivity index (χ0) is 15.2. The molecule has 0 radical (unpaired) electrons. The zero-order valence-electron chi connectivity index (χ0n) is 12.9. The second kappa shape index (κ2) is 7.84. The van der Waals surface area contributed by atoms with E-state index in [9.17, 15) is 4.79 Å². The fourth-order valence-corrected chi connectivity index (χ4v) is 3.58. The number of imidazole rings is 1. The summed E-state index contributed by atoms with van der Waals surface area (Å²) in [6.45, 7) is 8.80. The molecule has 118 valence electrons. The summed E-state index contributed by atoms with van der Waals surface area (Å²) in [5.74, 6) is -0.0330. The fourth-order valence-electron chi connectivity index (χ4n) is 2.85. The van der Waals surface area contributed by atoms with Gasteiger partial charge in [0.25, 0.3) is 0 Å². The summed E-state index contributed by atoms with van der Waals surface area (Å²) < 4.78 is 2.24. The van der Waals surface area contributed by atoms with Crippen LogP contribution in [0.25, 0.3) is 0 Å². The Bertz CT molecular complexity index is 467. The Balaban J connectivity index is 2.00. The summed E-state index contributed by atoms with van der Waals surface area (Å²) in [5, 5.41) is 9.70. The van der Waals surface area contributed by atoms with Crippen molar-refractivity contribution in [2.45, 2.75) is 44.8 Å². The molecule has 1 saturated heterocycles. The van der Waals surface area contributed by atoms with Crippen LogP contribution in [-0.4, -0.2) is 50.9 Å². The van der Waals surface area contributed by atoms with Gasteiger partial charge in [0, 0.05) is 18.4 Å². The molecule has 1 aromatic heterocycles. The first-order valence-electron chi connectivity index (χ1n) is 7.75. The molecule has 0 saturated carbocycles. The van der Waals surface area contributed by atoms with E-state index >= 15 is 0 Å². The highest BCUT2D eigenvalue weighted by Crippen LogP contribution is 2.24. The molecule has 5 nitrogen and oxygen atoms in total. The molecular formula is C15H25N3O2S. The van der Waals surface area contributed by atoms with Crippen LogP contribution in [0.2, 0.25) is 0 Å². The first kappa shape index (κ1) is 16.4. The van der Waals surface area contributed by atoms with E-state index in [1.807, 2.05) is 6.20 Å². The summed E-state index contributed by atoms with van der Waals surface area (Å²) in [6, 6.07) is 0. The van der Waals surface area contributed by atoms with E-state index in [1.54, 1.807) is 0 Å². The van der Waals surface area contributed by atoms with Gasteiger partial charge in [-0.1, -0.05) is 25.6 Å². The van der Waals surface area contributed by atoms with Gasteiger partial charge in [0.2, 0.25) is 0 Å². The molecule has 6 heteroatoms. The van der Waals surface area contributed by atoms with Gasteiger partial charge in [0.15, 0.2) is 5.16 Å². The predicted molar refractivity (Wildman–Crippen MR) is 84.8 cm³/mol. The predicted octanol–water partition coefficient (Wildman–Crippen LogP) is 2.35. The molecule has 0 unspecified atom stereocenters. The fraction of sp³-hybridized carbons (Fsp3) is 0.733. The third-order valence-corrected chi connectivity index (χ3v) is 5.16. The molecular weight excluding hydrogens is 286 g/mol. The van der Waals surface area contributed by atoms with Crippen LogP contribution in [0, 0.1) is 5.92 Å². The minimum absolute atomic E-state index is 0.0778. The molecule has 0 aliphatic carbocycles. The number of aliphatic carboxylic acids is 1. The van der Waals surface area contributed by atoms with Gasteiger partial charge in [-0.05, 0) is 44.8 Å². The Morgan fingerprint density at radius 2 is 2.14 bits per heavy atom. The summed E-state index contributed by atoms with van der Waals surface area (Å²) in [5.41, 5.74) is 1.21. The average molecular weight is 311 g/mol. The minimum atomic E-state index is -0.788. The third-order valence-electron chi connectivity index (χ3n) is 4.18. The highest BCUT2D eigenvalue weighted by atomic mass is 32.2. The van der Waals surface area contributed by atoms with Crippen molar-refractivity contribution in [2.24, 2.45) is 5.92 Å². The van der Waals surface area contributed by atoms with Crippen molar-refractivity contribution in [3.63, 3.8) is 0 Å². The standard InChI is InChI=1S/C15H25N3O2S/c1-3-13-9-16-15(21-11-14(19)20)18(13)10-12-5-7-17(4-2)8-6-12/h9,12H,3-8,10-11H2,1-2H3,(H,19,20). The summed E-state index contributed by atoms with van der Waals surface area (Å²) in [4.78, 5) is 17.7. The lowest BCUT2D eigenvalue weighted by molar-refractivity contribution is -0.133. The van der Waals surface area contributed by atoms with Crippen LogP contribution in [0.5, 0.6) is 0 Å². The van der Waals surface area contributed by atoms with Crippen molar-refractivity contribution in [1.29, 1.82) is 0 Å². The number of carboxylic acid groups (broad SMARTS) is 1. The first-order valence-corrected chi connectivity index (χ1v) is 8.73. The van der Waals surface area contributed by atoms with E-state index in [-0.39, 0.29) is 5.75 Å². The minimum Gasteiger partial charge on any atom is -0.481 e. The molecule has 0 atom stereocenters. The molecule has 1 N–H and O–H groups in total. The maximum absolute atomic E-state index is 10.8. The first-order chi connectivity index (χ1) is 10.1. The SMILES string of the molecule is CCc1cnc(SCC(=O)O)n1CC1CCN(CC)CC1. The van der Waals surface area contributed by atoms with Gasteiger partial charge in [-0.25, -0.2) is 4.98 Å². The van der Waals surface area contributed by atoms with Crippen LogP contribution in [0.3, 0.4) is 0 Å². The van der Waals surface area contributed by atoms with E-state index in [2.05, 4.69) is 28.3 Å². The number of aryl methyl sites for hydroxylation is 1. The second-order valence-corrected chi connectivity index (χ2v) is 6.50. The lowest BCUT2D eigenvalue weighted by Crippen LogP contribution is -2.35. The topological polar surface area (TPSA) is 58.4 Å². The number of carbonyl (C=O) groups is 1. The van der Waals surface area contributed by atoms with Gasteiger partial charge < -0.3 is 14.6 Å². The maximum Gasteiger partial charge on any atom is 0.313 e. The molecule has 1 fully saturated rings. The maximum atomic E-state index is 10.8. The highest BCUT2D eigenvalue weighted by molar-refractivity contribution is 7.99. The largest absolute Gasteiger partial charge is 0.481 e. The molecule has 1 aliphatic rings. The normalized spacial score (nSPS) is 17.2. The quantitative estimate of drug-likeness (QED) is 0.783. The van der Waals surface area contributed by atoms with Gasteiger partial charge in [-0.2, -0.15) is 0 Å². The third kappa shape index (κ3) is 4.48. The number of nitrogens with zero attached hydrogens (tertiary/aromatic N) is 3. The number of aromatic nitrogens is 2. The molecule has 1 aliphatic heterocycles. The van der Waals surface area contributed by atoms with Crippen LogP contribution in [0.15, 0.2) is 11.4 Å². The summed E-state index contributed by atoms with van der Waals surface area (Å²) in [7, 11) is 0. The van der Waals surface area contributed by atoms with Crippen LogP contribution in [0.1, 0.15) is 32.4 Å². The van der Waals surface area contributed by atoms with Crippen molar-refractivity contribution < 1.29 is 9.90 Å². The van der Waals surface area contributed by atoms with Crippen molar-refractivity contribution in [2.75, 3.05) is 25.4 Å². The monoisotopic (exact) mass is 311 g/mol. The number of hydrogen-bond acceptors (Lipinski definition) is 4. The molecule has 2 rings (SSSR count). The lowest BCUT2D eigenvalue weighted by Gasteiger charge is -2.31. The van der Waals surface area contributed by atoms with Crippen LogP contribution >= 0.6 is 11.8 Å². The Hall–Kier alpha value is -1.01. The average Bonchev–Trinajstić information content (AvgIpc) is 2.88. The van der Waals surface area contributed by atoms with Gasteiger partial charge in [-0.3, -0.25) is 4.79 Å². The zero-order valence-corrected chi connectivity index (χ0v) is 13.7. The van der Waals surface area contributed by atoms with Crippen molar-refractivity contribution in [3.8, 4) is 0 Å². The Morgan fingerprint density at radius 3 is 2.71 bits per heavy atom. The van der Waals surface area contributed by atoms with E-state index in [0.29, 0.717) is 5.92 Å². The Labute approximate surface area is 130 Å². The smallest absolute Gasteiger partial charge is 0.313 e. The van der Waals surface area contributed by atoms with E-state index in [1.165, 1.54) is 43.4 Å². The number of likely N-dealkylation sites (tertiary alicyclic amines) is 1. The van der Waals surface area contributed by atoms with Crippen LogP contribution < -0.4 is 0 Å². The molecule has 0 amide bonds. The van der Waals surface area contributed by atoms with Gasteiger partial charge in [-0.15, -0.1) is 0 Å². The number of hydrogen-bond donors (Lipinski definition) is 1. The molecule has 1 aromatic rings. The number of rotatable bonds is 7. The lowest BCUT2D eigenvalue weighted by atomic mass is 9.96. The number of piperidine rings is 1. The Morgan fingerprint density at radius 1 is 1.43 bits per heavy atom. The van der Waals surface area contributed by atoms with Crippen molar-refractivity contribution in [3.05, 3.63) is 11.9 Å². The highest BCUT2D eigenvalue weighted by Gasteiger charge is 2.21. The van der Waals surface area contributed by atoms with Gasteiger partial charge in [0.05, 0.1) is 5.75 Å². The van der Waals surface area contributed by atoms with Crippen molar-refractivity contribution in [1.82, 2.24) is 14.5 Å². The van der Waals surface area contributed by atoms with E-state index < -0.39 is 5.97 Å². The van der Waals surface area contributed by atoms with Crippen LogP contribution in [-0.2, 0) is 17.8 Å². The van der Waals surface area contributed by atoms with Gasteiger partial charge in [0.1, 0.15) is 0 Å². The summed E-state index contributed by atoms with van der Waals surface area (Å²) >= 11 is 1.33. The Kier molecular flexibility index (Phi) is 6.11. The van der Waals surface area contributed by atoms with Crippen molar-refractivity contribution >= 4 is 17.7 Å². The molecule has 21 heavy (non-hydrogen) atoms. The number of thioether (sulfide) groups is 1. The molecule has 2 heterocycles. The van der Waals surface area contributed by atoms with E-state index in [4.69, 9.17) is 5.11 Å². The molecule has 0 bridgehead atoms. The summed E-state index contributed by atoms with van der Waals surface area (Å²) in [6.07, 6.45) is 5.27. The number of carboxylic acids is 1. The van der Waals surface area contributed by atoms with Crippen LogP contribution in [0.4, 0.5) is 0 Å². The molecule has 0 spiro atoms. The molecule has 0 aromatic carbocycles. The van der Waals surface area contributed by atoms with E-state index in [0.717, 1.165) is 24.7 Å².